The molecule has 1 heterocycles. The lowest BCUT2D eigenvalue weighted by molar-refractivity contribution is 0.163. The number of unbranched alkanes of at least 4 members (excludes halogenated alkanes) is 9. The predicted molar refractivity (Wildman–Crippen MR) is 146 cm³/mol. The third-order valence-corrected chi connectivity index (χ3v) is 6.66. The van der Waals surface area contributed by atoms with Gasteiger partial charge in [-0.05, 0) is 38.9 Å². The van der Waals surface area contributed by atoms with E-state index in [9.17, 15) is 0 Å². The minimum Gasteiger partial charge on any atom is -0.314 e. The van der Waals surface area contributed by atoms with Gasteiger partial charge >= 0.3 is 0 Å². The molecule has 0 unspecified atom stereocenters. The summed E-state index contributed by atoms with van der Waals surface area (Å²) in [6.07, 6.45) is 16.6. The lowest BCUT2D eigenvalue weighted by Crippen LogP contribution is -2.47. The van der Waals surface area contributed by atoms with Gasteiger partial charge in [0.05, 0.1) is 0 Å². The van der Waals surface area contributed by atoms with Crippen LogP contribution >= 0.6 is 0 Å². The molecule has 4 heteroatoms. The number of hydrogen-bond acceptors (Lipinski definition) is 4. The highest BCUT2D eigenvalue weighted by Crippen LogP contribution is 2.07. The zero-order chi connectivity index (χ0) is 23.7. The summed E-state index contributed by atoms with van der Waals surface area (Å²) in [7, 11) is 0. The van der Waals surface area contributed by atoms with Crippen LogP contribution in [0.25, 0.3) is 0 Å². The molecule has 0 aromatic heterocycles. The van der Waals surface area contributed by atoms with Crippen LogP contribution in [-0.2, 0) is 0 Å². The third kappa shape index (κ3) is 19.3. The van der Waals surface area contributed by atoms with Crippen molar-refractivity contribution >= 4 is 0 Å². The number of nitrogens with one attached hydrogen (secondary N) is 1. The van der Waals surface area contributed by atoms with Crippen molar-refractivity contribution in [3.63, 3.8) is 0 Å². The second kappa shape index (κ2) is 25.5. The molecule has 0 radical (unpaired) electrons. The molecule has 0 amide bonds. The fourth-order valence-corrected chi connectivity index (χ4v) is 4.46. The van der Waals surface area contributed by atoms with Crippen molar-refractivity contribution in [2.24, 2.45) is 0 Å². The summed E-state index contributed by atoms with van der Waals surface area (Å²) < 4.78 is 0. The van der Waals surface area contributed by atoms with Crippen molar-refractivity contribution in [3.05, 3.63) is 0 Å². The second-order valence-corrected chi connectivity index (χ2v) is 9.46. The SMILES string of the molecule is CC.CCCCCCN(CCCCCC)CCN(CCCCCC)CCN1CCNCC1. The van der Waals surface area contributed by atoms with E-state index in [2.05, 4.69) is 40.8 Å². The van der Waals surface area contributed by atoms with Crippen molar-refractivity contribution in [1.82, 2.24) is 20.0 Å². The summed E-state index contributed by atoms with van der Waals surface area (Å²) in [6.45, 7) is 24.7. The molecule has 1 saturated heterocycles. The molecule has 0 aromatic rings. The van der Waals surface area contributed by atoms with Crippen LogP contribution in [0.1, 0.15) is 112 Å². The van der Waals surface area contributed by atoms with E-state index in [1.165, 1.54) is 149 Å². The van der Waals surface area contributed by atoms with Crippen molar-refractivity contribution in [2.75, 3.05) is 72.0 Å². The van der Waals surface area contributed by atoms with E-state index in [4.69, 9.17) is 0 Å². The fourth-order valence-electron chi connectivity index (χ4n) is 4.46. The third-order valence-electron chi connectivity index (χ3n) is 6.66. The maximum Gasteiger partial charge on any atom is 0.0110 e. The average molecular weight is 455 g/mol. The van der Waals surface area contributed by atoms with E-state index in [-0.39, 0.29) is 0 Å². The van der Waals surface area contributed by atoms with E-state index in [1.807, 2.05) is 13.8 Å². The van der Waals surface area contributed by atoms with Crippen LogP contribution in [0.4, 0.5) is 0 Å². The number of piperazine rings is 1. The normalized spacial score (nSPS) is 14.7. The van der Waals surface area contributed by atoms with Crippen LogP contribution < -0.4 is 5.32 Å². The minimum absolute atomic E-state index is 1.17. The van der Waals surface area contributed by atoms with E-state index in [1.54, 1.807) is 0 Å². The summed E-state index contributed by atoms with van der Waals surface area (Å²) in [5.74, 6) is 0. The molecule has 194 valence electrons. The van der Waals surface area contributed by atoms with Gasteiger partial charge in [0.15, 0.2) is 0 Å². The highest BCUT2D eigenvalue weighted by Gasteiger charge is 2.13. The molecular weight excluding hydrogens is 392 g/mol. The van der Waals surface area contributed by atoms with E-state index in [0.717, 1.165) is 0 Å². The standard InChI is InChI=1S/C26H56N4.C2H6/c1-4-7-10-13-18-28(19-14-11-8-5-2)23-24-29(20-15-12-9-6-3)25-26-30-21-16-27-17-22-30;1-2/h27H,4-26H2,1-3H3;1-2H3. The highest BCUT2D eigenvalue weighted by atomic mass is 15.2. The number of rotatable bonds is 21. The Morgan fingerprint density at radius 3 is 1.34 bits per heavy atom. The first kappa shape index (κ1) is 31.8. The molecule has 0 atom stereocenters. The Morgan fingerprint density at radius 2 is 0.938 bits per heavy atom. The van der Waals surface area contributed by atoms with Crippen LogP contribution in [-0.4, -0.2) is 86.7 Å². The molecule has 0 bridgehead atoms. The van der Waals surface area contributed by atoms with E-state index in [0.29, 0.717) is 0 Å². The lowest BCUT2D eigenvalue weighted by Gasteiger charge is -2.32. The van der Waals surface area contributed by atoms with Crippen LogP contribution in [0.3, 0.4) is 0 Å². The van der Waals surface area contributed by atoms with Gasteiger partial charge in [0.1, 0.15) is 0 Å². The molecule has 32 heavy (non-hydrogen) atoms. The van der Waals surface area contributed by atoms with Crippen LogP contribution in [0.5, 0.6) is 0 Å². The zero-order valence-corrected chi connectivity index (χ0v) is 23.1. The van der Waals surface area contributed by atoms with E-state index < -0.39 is 0 Å². The smallest absolute Gasteiger partial charge is 0.0110 e. The van der Waals surface area contributed by atoms with Crippen molar-refractivity contribution in [3.8, 4) is 0 Å². The summed E-state index contributed by atoms with van der Waals surface area (Å²) in [5, 5.41) is 3.49. The fraction of sp³-hybridized carbons (Fsp3) is 1.00. The molecule has 1 rings (SSSR count). The second-order valence-electron chi connectivity index (χ2n) is 9.46. The van der Waals surface area contributed by atoms with Gasteiger partial charge < -0.3 is 15.1 Å². The van der Waals surface area contributed by atoms with Gasteiger partial charge in [0, 0.05) is 52.4 Å². The molecule has 0 saturated carbocycles. The lowest BCUT2D eigenvalue weighted by atomic mass is 10.1. The minimum atomic E-state index is 1.17. The van der Waals surface area contributed by atoms with Crippen molar-refractivity contribution in [2.45, 2.75) is 112 Å². The van der Waals surface area contributed by atoms with Gasteiger partial charge in [0.25, 0.3) is 0 Å². The van der Waals surface area contributed by atoms with E-state index >= 15 is 0 Å². The summed E-state index contributed by atoms with van der Waals surface area (Å²) in [5.41, 5.74) is 0. The largest absolute Gasteiger partial charge is 0.314 e. The zero-order valence-electron chi connectivity index (χ0n) is 23.1. The van der Waals surface area contributed by atoms with Crippen LogP contribution in [0, 0.1) is 0 Å². The van der Waals surface area contributed by atoms with Gasteiger partial charge in [-0.25, -0.2) is 0 Å². The Labute approximate surface area is 203 Å². The Balaban J connectivity index is 0.00000466. The molecule has 1 aliphatic rings. The Bertz CT molecular complexity index is 332. The van der Waals surface area contributed by atoms with Gasteiger partial charge in [-0.1, -0.05) is 92.4 Å². The van der Waals surface area contributed by atoms with Crippen LogP contribution in [0.15, 0.2) is 0 Å². The van der Waals surface area contributed by atoms with Crippen LogP contribution in [0.2, 0.25) is 0 Å². The molecule has 1 aliphatic heterocycles. The van der Waals surface area contributed by atoms with Crippen molar-refractivity contribution in [1.29, 1.82) is 0 Å². The number of nitrogens with zero attached hydrogens (tertiary/aromatic N) is 3. The monoisotopic (exact) mass is 454 g/mol. The highest BCUT2D eigenvalue weighted by molar-refractivity contribution is 4.71. The molecule has 4 nitrogen and oxygen atoms in total. The first-order chi connectivity index (χ1) is 15.8. The Kier molecular flexibility index (Phi) is 25.3. The quantitative estimate of drug-likeness (QED) is 0.206. The van der Waals surface area contributed by atoms with Gasteiger partial charge in [0.2, 0.25) is 0 Å². The topological polar surface area (TPSA) is 21.8 Å². The molecule has 0 aromatic carbocycles. The molecule has 0 aliphatic carbocycles. The molecular formula is C28H62N4. The van der Waals surface area contributed by atoms with Gasteiger partial charge in [-0.2, -0.15) is 0 Å². The molecule has 1 fully saturated rings. The van der Waals surface area contributed by atoms with Gasteiger partial charge in [-0.15, -0.1) is 0 Å². The molecule has 0 spiro atoms. The maximum atomic E-state index is 3.49. The maximum absolute atomic E-state index is 3.49. The van der Waals surface area contributed by atoms with Gasteiger partial charge in [-0.3, -0.25) is 4.90 Å². The predicted octanol–water partition coefficient (Wildman–Crippen LogP) is 6.26. The first-order valence-electron chi connectivity index (χ1n) is 14.7. The summed E-state index contributed by atoms with van der Waals surface area (Å²) in [4.78, 5) is 8.22. The first-order valence-corrected chi connectivity index (χ1v) is 14.7. The Morgan fingerprint density at radius 1 is 0.531 bits per heavy atom. The summed E-state index contributed by atoms with van der Waals surface area (Å²) >= 11 is 0. The number of hydrogen-bond donors (Lipinski definition) is 1. The Hall–Kier alpha value is -0.160. The summed E-state index contributed by atoms with van der Waals surface area (Å²) in [6, 6.07) is 0. The average Bonchev–Trinajstić information content (AvgIpc) is 2.84. The molecule has 1 N–H and O–H groups in total. The van der Waals surface area contributed by atoms with Crippen molar-refractivity contribution < 1.29 is 0 Å².